The van der Waals surface area contributed by atoms with Gasteiger partial charge in [-0.15, -0.1) is 0 Å². The van der Waals surface area contributed by atoms with Crippen LogP contribution in [-0.4, -0.2) is 25.2 Å². The van der Waals surface area contributed by atoms with E-state index in [9.17, 15) is 0 Å². The van der Waals surface area contributed by atoms with Crippen molar-refractivity contribution in [3.8, 4) is 5.75 Å². The lowest BCUT2D eigenvalue weighted by Gasteiger charge is -2.42. The largest absolute Gasteiger partial charge is 0.495 e. The summed E-state index contributed by atoms with van der Waals surface area (Å²) in [5, 5.41) is 0. The number of rotatable bonds is 2. The van der Waals surface area contributed by atoms with Crippen molar-refractivity contribution in [1.82, 2.24) is 0 Å². The van der Waals surface area contributed by atoms with E-state index in [1.165, 1.54) is 25.7 Å². The summed E-state index contributed by atoms with van der Waals surface area (Å²) < 4.78 is 5.54. The van der Waals surface area contributed by atoms with Gasteiger partial charge in [0.2, 0.25) is 0 Å². The second-order valence-corrected chi connectivity index (χ2v) is 6.37. The molecule has 0 aromatic heterocycles. The van der Waals surface area contributed by atoms with Gasteiger partial charge in [-0.2, -0.15) is 0 Å². The Bertz CT molecular complexity index is 571. The topological polar surface area (TPSA) is 50.9 Å². The van der Waals surface area contributed by atoms with E-state index in [4.69, 9.17) is 10.5 Å². The molecule has 2 N–H and O–H groups in total. The minimum absolute atomic E-state index is 0.113. The maximum Gasteiger partial charge on any atom is 0.196 e. The Kier molecular flexibility index (Phi) is 2.50. The fraction of sp³-hybridized carbons (Fsp3) is 0.562. The minimum atomic E-state index is 0.113. The average molecular weight is 271 g/mol. The van der Waals surface area contributed by atoms with Crippen LogP contribution in [0.4, 0.5) is 5.69 Å². The summed E-state index contributed by atoms with van der Waals surface area (Å²) in [7, 11) is 1.72. The first-order chi connectivity index (χ1) is 9.74. The van der Waals surface area contributed by atoms with Crippen molar-refractivity contribution in [1.29, 1.82) is 0 Å². The molecule has 0 radical (unpaired) electrons. The van der Waals surface area contributed by atoms with E-state index in [-0.39, 0.29) is 5.54 Å². The van der Waals surface area contributed by atoms with Crippen LogP contribution in [-0.2, 0) is 0 Å². The molecular weight excluding hydrogens is 250 g/mol. The Balaban J connectivity index is 1.80. The molecule has 1 spiro atoms. The van der Waals surface area contributed by atoms with Gasteiger partial charge >= 0.3 is 0 Å². The number of hydrogen-bond donors (Lipinski definition) is 1. The molecule has 4 nitrogen and oxygen atoms in total. The van der Waals surface area contributed by atoms with E-state index in [0.29, 0.717) is 5.96 Å². The summed E-state index contributed by atoms with van der Waals surface area (Å²) in [5.74, 6) is 3.12. The summed E-state index contributed by atoms with van der Waals surface area (Å²) in [6.45, 7) is 0.845. The number of nitrogens with zero attached hydrogens (tertiary/aromatic N) is 2. The zero-order valence-corrected chi connectivity index (χ0v) is 11.9. The van der Waals surface area contributed by atoms with Gasteiger partial charge in [-0.05, 0) is 49.7 Å². The predicted molar refractivity (Wildman–Crippen MR) is 80.1 cm³/mol. The number of hydrogen-bond acceptors (Lipinski definition) is 4. The van der Waals surface area contributed by atoms with Gasteiger partial charge in [-0.1, -0.05) is 12.1 Å². The van der Waals surface area contributed by atoms with E-state index in [0.717, 1.165) is 29.8 Å². The molecule has 2 aliphatic carbocycles. The maximum atomic E-state index is 6.24. The van der Waals surface area contributed by atoms with Gasteiger partial charge in [0.15, 0.2) is 5.96 Å². The molecule has 1 heterocycles. The Morgan fingerprint density at radius 1 is 1.35 bits per heavy atom. The Morgan fingerprint density at radius 2 is 2.20 bits per heavy atom. The highest BCUT2D eigenvalue weighted by Crippen LogP contribution is 2.56. The lowest BCUT2D eigenvalue weighted by Crippen LogP contribution is -2.55. The SMILES string of the molecule is COc1ccccc1N1C(N)=NCC12CC1CCC2C1. The van der Waals surface area contributed by atoms with Gasteiger partial charge in [0, 0.05) is 0 Å². The van der Waals surface area contributed by atoms with Gasteiger partial charge in [0.25, 0.3) is 0 Å². The highest BCUT2D eigenvalue weighted by atomic mass is 16.5. The lowest BCUT2D eigenvalue weighted by molar-refractivity contribution is 0.290. The third-order valence-electron chi connectivity index (χ3n) is 5.46. The number of fused-ring (bicyclic) bond motifs is 3. The quantitative estimate of drug-likeness (QED) is 0.898. The molecule has 0 saturated heterocycles. The van der Waals surface area contributed by atoms with Crippen LogP contribution in [0.3, 0.4) is 0 Å². The third kappa shape index (κ3) is 1.45. The molecule has 3 unspecified atom stereocenters. The first-order valence-electron chi connectivity index (χ1n) is 7.48. The molecule has 20 heavy (non-hydrogen) atoms. The van der Waals surface area contributed by atoms with Gasteiger partial charge in [0.1, 0.15) is 5.75 Å². The Morgan fingerprint density at radius 3 is 2.90 bits per heavy atom. The number of ether oxygens (including phenoxy) is 1. The monoisotopic (exact) mass is 271 g/mol. The van der Waals surface area contributed by atoms with Crippen molar-refractivity contribution in [2.75, 3.05) is 18.6 Å². The van der Waals surface area contributed by atoms with Crippen molar-refractivity contribution in [2.45, 2.75) is 31.2 Å². The molecule has 3 atom stereocenters. The van der Waals surface area contributed by atoms with Crippen LogP contribution in [0.5, 0.6) is 5.75 Å². The fourth-order valence-corrected chi connectivity index (χ4v) is 4.65. The Labute approximate surface area is 119 Å². The molecule has 106 valence electrons. The number of methoxy groups -OCH3 is 1. The maximum absolute atomic E-state index is 6.24. The van der Waals surface area contributed by atoms with Gasteiger partial charge in [-0.25, -0.2) is 0 Å². The van der Waals surface area contributed by atoms with Crippen molar-refractivity contribution >= 4 is 11.6 Å². The Hall–Kier alpha value is -1.71. The highest BCUT2D eigenvalue weighted by Gasteiger charge is 2.57. The van der Waals surface area contributed by atoms with Crippen LogP contribution in [0.15, 0.2) is 29.3 Å². The molecule has 2 saturated carbocycles. The predicted octanol–water partition coefficient (Wildman–Crippen LogP) is 2.39. The molecule has 1 aromatic rings. The first kappa shape index (κ1) is 12.1. The van der Waals surface area contributed by atoms with Gasteiger partial charge in [-0.3, -0.25) is 4.99 Å². The second kappa shape index (κ2) is 4.14. The summed E-state index contributed by atoms with van der Waals surface area (Å²) in [6.07, 6.45) is 5.26. The molecular formula is C16H21N3O. The molecule has 3 aliphatic rings. The van der Waals surface area contributed by atoms with E-state index < -0.39 is 0 Å². The highest BCUT2D eigenvalue weighted by molar-refractivity contribution is 5.99. The van der Waals surface area contributed by atoms with Gasteiger partial charge < -0.3 is 15.4 Å². The lowest BCUT2D eigenvalue weighted by atomic mass is 9.80. The number of aliphatic imine (C=N–C) groups is 1. The van der Waals surface area contributed by atoms with E-state index >= 15 is 0 Å². The molecule has 0 amide bonds. The van der Waals surface area contributed by atoms with Crippen LogP contribution < -0.4 is 15.4 Å². The molecule has 2 bridgehead atoms. The molecule has 4 heteroatoms. The number of benzene rings is 1. The first-order valence-corrected chi connectivity index (χ1v) is 7.48. The van der Waals surface area contributed by atoms with Crippen LogP contribution in [0.1, 0.15) is 25.7 Å². The van der Waals surface area contributed by atoms with E-state index in [2.05, 4.69) is 16.0 Å². The number of guanidine groups is 1. The van der Waals surface area contributed by atoms with Crippen molar-refractivity contribution in [2.24, 2.45) is 22.6 Å². The zero-order chi connectivity index (χ0) is 13.7. The van der Waals surface area contributed by atoms with Crippen molar-refractivity contribution in [3.63, 3.8) is 0 Å². The smallest absolute Gasteiger partial charge is 0.196 e. The molecule has 4 rings (SSSR count). The third-order valence-corrected chi connectivity index (χ3v) is 5.46. The average Bonchev–Trinajstić information content (AvgIpc) is 3.15. The van der Waals surface area contributed by atoms with Gasteiger partial charge in [0.05, 0.1) is 24.9 Å². The normalized spacial score (nSPS) is 34.9. The zero-order valence-electron chi connectivity index (χ0n) is 11.9. The van der Waals surface area contributed by atoms with Crippen LogP contribution in [0, 0.1) is 11.8 Å². The molecule has 1 aromatic carbocycles. The minimum Gasteiger partial charge on any atom is -0.495 e. The number of para-hydroxylation sites is 2. The second-order valence-electron chi connectivity index (χ2n) is 6.37. The van der Waals surface area contributed by atoms with Crippen molar-refractivity contribution < 1.29 is 4.74 Å². The standard InChI is InChI=1S/C16H21N3O/c1-20-14-5-3-2-4-13(14)19-15(17)18-10-16(19)9-11-6-7-12(16)8-11/h2-5,11-12H,6-10H2,1H3,(H2,17,18). The van der Waals surface area contributed by atoms with E-state index in [1.807, 2.05) is 18.2 Å². The summed E-state index contributed by atoms with van der Waals surface area (Å²) in [5.41, 5.74) is 7.42. The fourth-order valence-electron chi connectivity index (χ4n) is 4.65. The van der Waals surface area contributed by atoms with Crippen LogP contribution in [0.25, 0.3) is 0 Å². The van der Waals surface area contributed by atoms with Crippen LogP contribution >= 0.6 is 0 Å². The van der Waals surface area contributed by atoms with E-state index in [1.54, 1.807) is 7.11 Å². The van der Waals surface area contributed by atoms with Crippen molar-refractivity contribution in [3.05, 3.63) is 24.3 Å². The summed E-state index contributed by atoms with van der Waals surface area (Å²) in [4.78, 5) is 6.86. The van der Waals surface area contributed by atoms with Crippen LogP contribution in [0.2, 0.25) is 0 Å². The number of anilines is 1. The number of nitrogens with two attached hydrogens (primary N) is 1. The summed E-state index contributed by atoms with van der Waals surface area (Å²) >= 11 is 0. The molecule has 1 aliphatic heterocycles. The molecule has 2 fully saturated rings. The summed E-state index contributed by atoms with van der Waals surface area (Å²) in [6, 6.07) is 8.14.